The molecule has 29 heavy (non-hydrogen) atoms. The van der Waals surface area contributed by atoms with Gasteiger partial charge in [0.25, 0.3) is 11.6 Å². The van der Waals surface area contributed by atoms with Crippen molar-refractivity contribution in [2.24, 2.45) is 0 Å². The second-order valence-corrected chi connectivity index (χ2v) is 8.40. The van der Waals surface area contributed by atoms with Crippen LogP contribution in [0.1, 0.15) is 21.5 Å². The third-order valence-electron chi connectivity index (χ3n) is 4.72. The zero-order valence-electron chi connectivity index (χ0n) is 16.6. The van der Waals surface area contributed by atoms with E-state index >= 15 is 0 Å². The molecule has 0 bridgehead atoms. The molecule has 0 aliphatic heterocycles. The van der Waals surface area contributed by atoms with Crippen LogP contribution in [0.25, 0.3) is 10.2 Å². The molecule has 0 atom stereocenters. The van der Waals surface area contributed by atoms with Gasteiger partial charge in [-0.15, -0.1) is 0 Å². The van der Waals surface area contributed by atoms with Crippen molar-refractivity contribution in [3.8, 4) is 0 Å². The van der Waals surface area contributed by atoms with Crippen LogP contribution in [-0.4, -0.2) is 47.9 Å². The van der Waals surface area contributed by atoms with Crippen molar-refractivity contribution < 1.29 is 9.72 Å². The Morgan fingerprint density at radius 2 is 1.90 bits per heavy atom. The SMILES string of the molecule is Cc1c(C(=O)N(CCN(C)C)c2nc3c(C)c(Cl)ccc3s2)cccc1[N+](=O)[O-]. The second-order valence-electron chi connectivity index (χ2n) is 6.98. The highest BCUT2D eigenvalue weighted by Crippen LogP contribution is 2.34. The van der Waals surface area contributed by atoms with Crippen LogP contribution >= 0.6 is 22.9 Å². The molecule has 0 N–H and O–H groups in total. The van der Waals surface area contributed by atoms with E-state index in [4.69, 9.17) is 11.6 Å². The monoisotopic (exact) mass is 432 g/mol. The van der Waals surface area contributed by atoms with Crippen molar-refractivity contribution in [3.63, 3.8) is 0 Å². The Morgan fingerprint density at radius 3 is 2.55 bits per heavy atom. The van der Waals surface area contributed by atoms with E-state index in [1.54, 1.807) is 17.9 Å². The molecule has 0 aliphatic rings. The molecule has 0 aliphatic carbocycles. The molecule has 9 heteroatoms. The fourth-order valence-electron chi connectivity index (χ4n) is 2.99. The van der Waals surface area contributed by atoms with Crippen LogP contribution in [0, 0.1) is 24.0 Å². The average molecular weight is 433 g/mol. The number of halogens is 1. The van der Waals surface area contributed by atoms with E-state index in [9.17, 15) is 14.9 Å². The van der Waals surface area contributed by atoms with Gasteiger partial charge in [0.1, 0.15) is 0 Å². The highest BCUT2D eigenvalue weighted by Gasteiger charge is 2.26. The van der Waals surface area contributed by atoms with Gasteiger partial charge in [0.2, 0.25) is 0 Å². The fourth-order valence-corrected chi connectivity index (χ4v) is 4.19. The number of nitro benzene ring substituents is 1. The number of likely N-dealkylation sites (N-methyl/N-ethyl adjacent to an activating group) is 1. The molecule has 152 valence electrons. The number of carbonyl (C=O) groups excluding carboxylic acids is 1. The molecule has 7 nitrogen and oxygen atoms in total. The first-order valence-corrected chi connectivity index (χ1v) is 10.2. The van der Waals surface area contributed by atoms with Gasteiger partial charge in [0, 0.05) is 35.3 Å². The third kappa shape index (κ3) is 4.24. The van der Waals surface area contributed by atoms with Gasteiger partial charge < -0.3 is 4.90 Å². The van der Waals surface area contributed by atoms with E-state index in [0.29, 0.717) is 34.4 Å². The number of anilines is 1. The number of rotatable bonds is 6. The Morgan fingerprint density at radius 1 is 1.17 bits per heavy atom. The number of benzene rings is 2. The maximum Gasteiger partial charge on any atom is 0.273 e. The Kier molecular flexibility index (Phi) is 6.16. The summed E-state index contributed by atoms with van der Waals surface area (Å²) >= 11 is 7.62. The van der Waals surface area contributed by atoms with E-state index in [1.165, 1.54) is 23.5 Å². The van der Waals surface area contributed by atoms with Gasteiger partial charge in [-0.3, -0.25) is 19.8 Å². The van der Waals surface area contributed by atoms with Crippen LogP contribution in [0.3, 0.4) is 0 Å². The molecule has 0 saturated heterocycles. The Balaban J connectivity index is 2.09. The van der Waals surface area contributed by atoms with E-state index in [1.807, 2.05) is 38.1 Å². The molecule has 3 rings (SSSR count). The predicted molar refractivity (Wildman–Crippen MR) is 117 cm³/mol. The number of aryl methyl sites for hydroxylation is 1. The number of hydrogen-bond donors (Lipinski definition) is 0. The maximum absolute atomic E-state index is 13.4. The Bertz CT molecular complexity index is 1100. The van der Waals surface area contributed by atoms with Gasteiger partial charge in [-0.05, 0) is 51.7 Å². The minimum Gasteiger partial charge on any atom is -0.308 e. The highest BCUT2D eigenvalue weighted by atomic mass is 35.5. The summed E-state index contributed by atoms with van der Waals surface area (Å²) in [5, 5.41) is 12.5. The summed E-state index contributed by atoms with van der Waals surface area (Å²) in [5.41, 5.74) is 2.19. The lowest BCUT2D eigenvalue weighted by molar-refractivity contribution is -0.385. The van der Waals surface area contributed by atoms with E-state index in [0.717, 1.165) is 15.8 Å². The minimum absolute atomic E-state index is 0.0738. The van der Waals surface area contributed by atoms with Gasteiger partial charge in [0.15, 0.2) is 5.13 Å². The minimum atomic E-state index is -0.473. The molecule has 1 amide bonds. The first kappa shape index (κ1) is 21.2. The highest BCUT2D eigenvalue weighted by molar-refractivity contribution is 7.22. The van der Waals surface area contributed by atoms with Gasteiger partial charge in [0.05, 0.1) is 15.1 Å². The maximum atomic E-state index is 13.4. The molecule has 0 saturated carbocycles. The van der Waals surface area contributed by atoms with E-state index in [2.05, 4.69) is 4.98 Å². The number of hydrogen-bond acceptors (Lipinski definition) is 6. The molecule has 1 heterocycles. The number of thiazole rings is 1. The molecular formula is C20H21ClN4O3S. The summed E-state index contributed by atoms with van der Waals surface area (Å²) in [6.07, 6.45) is 0. The Labute approximate surface area is 177 Å². The standard InChI is InChI=1S/C20H21ClN4O3S/c1-12-14(6-5-7-16(12)25(27)28)19(26)24(11-10-23(3)4)20-22-18-13(2)15(21)8-9-17(18)29-20/h5-9H,10-11H2,1-4H3. The second kappa shape index (κ2) is 8.44. The van der Waals surface area contributed by atoms with Crippen LogP contribution < -0.4 is 4.90 Å². The predicted octanol–water partition coefficient (Wildman–Crippen LogP) is 4.68. The smallest absolute Gasteiger partial charge is 0.273 e. The van der Waals surface area contributed by atoms with Gasteiger partial charge in [-0.2, -0.15) is 0 Å². The van der Waals surface area contributed by atoms with Crippen LogP contribution in [0.15, 0.2) is 30.3 Å². The zero-order valence-corrected chi connectivity index (χ0v) is 18.2. The van der Waals surface area contributed by atoms with Crippen molar-refractivity contribution in [1.82, 2.24) is 9.88 Å². The molecule has 0 fully saturated rings. The van der Waals surface area contributed by atoms with Crippen LogP contribution in [0.2, 0.25) is 5.02 Å². The summed E-state index contributed by atoms with van der Waals surface area (Å²) in [6, 6.07) is 8.25. The van der Waals surface area contributed by atoms with Crippen molar-refractivity contribution in [2.75, 3.05) is 32.1 Å². The molecule has 3 aromatic rings. The van der Waals surface area contributed by atoms with Crippen molar-refractivity contribution in [2.45, 2.75) is 13.8 Å². The summed E-state index contributed by atoms with van der Waals surface area (Å²) in [5.74, 6) is -0.309. The number of carbonyl (C=O) groups is 1. The average Bonchev–Trinajstić information content (AvgIpc) is 3.09. The lowest BCUT2D eigenvalue weighted by Gasteiger charge is -2.22. The molecule has 0 radical (unpaired) electrons. The fraction of sp³-hybridized carbons (Fsp3) is 0.300. The molecule has 0 spiro atoms. The quantitative estimate of drug-likeness (QED) is 0.417. The molecular weight excluding hydrogens is 412 g/mol. The number of nitrogens with zero attached hydrogens (tertiary/aromatic N) is 4. The lowest BCUT2D eigenvalue weighted by atomic mass is 10.1. The van der Waals surface area contributed by atoms with Gasteiger partial charge in [-0.25, -0.2) is 4.98 Å². The zero-order chi connectivity index (χ0) is 21.3. The third-order valence-corrected chi connectivity index (χ3v) is 6.17. The normalized spacial score (nSPS) is 11.2. The summed E-state index contributed by atoms with van der Waals surface area (Å²) in [6.45, 7) is 4.51. The van der Waals surface area contributed by atoms with Crippen LogP contribution in [0.5, 0.6) is 0 Å². The first-order chi connectivity index (χ1) is 13.7. The van der Waals surface area contributed by atoms with E-state index in [-0.39, 0.29) is 11.6 Å². The largest absolute Gasteiger partial charge is 0.308 e. The van der Waals surface area contributed by atoms with Crippen molar-refractivity contribution in [1.29, 1.82) is 0 Å². The summed E-state index contributed by atoms with van der Waals surface area (Å²) in [4.78, 5) is 32.5. The van der Waals surface area contributed by atoms with E-state index < -0.39 is 4.92 Å². The van der Waals surface area contributed by atoms with Crippen LogP contribution in [-0.2, 0) is 0 Å². The number of nitro groups is 1. The molecule has 0 unspecified atom stereocenters. The number of fused-ring (bicyclic) bond motifs is 1. The summed E-state index contributed by atoms with van der Waals surface area (Å²) in [7, 11) is 3.84. The first-order valence-electron chi connectivity index (χ1n) is 8.97. The topological polar surface area (TPSA) is 79.6 Å². The lowest BCUT2D eigenvalue weighted by Crippen LogP contribution is -2.37. The van der Waals surface area contributed by atoms with Gasteiger partial charge >= 0.3 is 0 Å². The van der Waals surface area contributed by atoms with Crippen molar-refractivity contribution in [3.05, 3.63) is 62.2 Å². The van der Waals surface area contributed by atoms with Crippen molar-refractivity contribution >= 4 is 49.9 Å². The molecule has 1 aromatic heterocycles. The molecule has 2 aromatic carbocycles. The Hall–Kier alpha value is -2.55. The van der Waals surface area contributed by atoms with Gasteiger partial charge in [-0.1, -0.05) is 29.0 Å². The number of aromatic nitrogens is 1. The number of amides is 1. The van der Waals surface area contributed by atoms with Crippen LogP contribution in [0.4, 0.5) is 10.8 Å². The summed E-state index contributed by atoms with van der Waals surface area (Å²) < 4.78 is 0.931.